The van der Waals surface area contributed by atoms with Crippen molar-refractivity contribution >= 4 is 42.0 Å². The highest BCUT2D eigenvalue weighted by Gasteiger charge is 2.48. The molecule has 490 valence electrons. The molecule has 2 aromatic heterocycles. The lowest BCUT2D eigenvalue weighted by Crippen LogP contribution is -2.62. The normalized spacial score (nSPS) is 20.1. The molecule has 87 heavy (non-hydrogen) atoms. The van der Waals surface area contributed by atoms with E-state index in [-0.39, 0.29) is 119 Å². The molecule has 2 aliphatic heterocycles. The van der Waals surface area contributed by atoms with Crippen LogP contribution in [0.25, 0.3) is 0 Å². The number of hydrogen-bond donors (Lipinski definition) is 7. The van der Waals surface area contributed by atoms with Crippen LogP contribution in [-0.2, 0) is 87.9 Å². The summed E-state index contributed by atoms with van der Waals surface area (Å²) in [7, 11) is 1.63. The molecule has 0 saturated carbocycles. The zero-order valence-corrected chi connectivity index (χ0v) is 52.9. The van der Waals surface area contributed by atoms with Gasteiger partial charge in [-0.1, -0.05) is 82.2 Å². The van der Waals surface area contributed by atoms with Crippen LogP contribution in [0.1, 0.15) is 131 Å². The number of hydrogen-bond acceptors (Lipinski definition) is 19. The van der Waals surface area contributed by atoms with Gasteiger partial charge in [-0.15, -0.1) is 10.2 Å². The summed E-state index contributed by atoms with van der Waals surface area (Å²) in [6.45, 7) is 19.4. The Kier molecular flexibility index (Phi) is 33.4. The minimum Gasteiger partial charge on any atom is -0.480 e. The lowest BCUT2D eigenvalue weighted by Gasteiger charge is -2.42. The monoisotopic (exact) mass is 1230 g/mol. The second-order valence-corrected chi connectivity index (χ2v) is 23.0. The van der Waals surface area contributed by atoms with Crippen LogP contribution >= 0.6 is 0 Å². The van der Waals surface area contributed by atoms with Crippen molar-refractivity contribution in [2.75, 3.05) is 86.1 Å². The van der Waals surface area contributed by atoms with Gasteiger partial charge in [-0.25, -0.2) is 0 Å². The first kappa shape index (κ1) is 73.2. The van der Waals surface area contributed by atoms with Gasteiger partial charge in [0.1, 0.15) is 19.1 Å². The zero-order valence-electron chi connectivity index (χ0n) is 52.9. The number of aromatic nitrogens is 6. The Morgan fingerprint density at radius 2 is 1.17 bits per heavy atom. The topological polar surface area (TPSA) is 332 Å². The Morgan fingerprint density at radius 1 is 0.678 bits per heavy atom. The summed E-state index contributed by atoms with van der Waals surface area (Å²) >= 11 is 0. The van der Waals surface area contributed by atoms with E-state index in [0.29, 0.717) is 76.6 Å². The van der Waals surface area contributed by atoms with E-state index >= 15 is 0 Å². The molecule has 2 aromatic rings. The highest BCUT2D eigenvalue weighted by Crippen LogP contribution is 2.36. The number of rotatable bonds is 46. The van der Waals surface area contributed by atoms with Crippen molar-refractivity contribution in [2.45, 2.75) is 188 Å². The summed E-state index contributed by atoms with van der Waals surface area (Å²) in [5.74, 6) is -2.93. The van der Waals surface area contributed by atoms with Crippen LogP contribution in [-0.4, -0.2) is 210 Å². The van der Waals surface area contributed by atoms with Gasteiger partial charge in [0.05, 0.1) is 88.8 Å². The van der Waals surface area contributed by atoms with Crippen LogP contribution in [0.5, 0.6) is 0 Å². The average Bonchev–Trinajstić information content (AvgIpc) is 2.64. The third-order valence-electron chi connectivity index (χ3n) is 15.7. The minimum atomic E-state index is -0.917. The van der Waals surface area contributed by atoms with Crippen molar-refractivity contribution in [3.8, 4) is 0 Å². The molecular weight excluding hydrogens is 1130 g/mol. The number of aryl methyl sites for hydroxylation is 2. The standard InChI is InChI=1S/C60H101N13O14/c1-10-15-43-36-47(58(80)81)63-54(43)56(59(6,7)22-12-3)64-48(75)19-17-45-38-72(69-67-45)26-24-61-50(77)40-71(53(79)21-29-84-31-33-86-35-34-85-32-30-83-28-14-5)41-51(78)62-25-27-73-39-46(68-70-73)18-20-49(76)65-57(60(8,82-9)23-13-4)55-44(16-11-2)37-52(66-55)87-42-74/h10-11,15-16,38-39,42-44,47,52,54-57,63,66H,12-14,17-37,40-41H2,1-9H3,(H,61,77)(H,62,78)(H,64,75)(H,65,76)(H,80,81)/b15-10-,16-11-/t43-,44-,47-,52+,54-,55-,56-,57-,60+/m1/s1. The van der Waals surface area contributed by atoms with E-state index in [1.807, 2.05) is 58.9 Å². The van der Waals surface area contributed by atoms with E-state index in [1.165, 1.54) is 0 Å². The fourth-order valence-electron chi connectivity index (χ4n) is 11.3. The first-order valence-electron chi connectivity index (χ1n) is 31.0. The molecular formula is C60H101N13O14. The molecule has 27 heteroatoms. The molecule has 4 rings (SSSR count). The maximum atomic E-state index is 13.6. The second-order valence-electron chi connectivity index (χ2n) is 23.0. The smallest absolute Gasteiger partial charge is 0.320 e. The number of allylic oxidation sites excluding steroid dienone is 2. The van der Waals surface area contributed by atoms with E-state index in [2.05, 4.69) is 73.3 Å². The number of carbonyl (C=O) groups is 7. The molecule has 0 aromatic carbocycles. The fourth-order valence-corrected chi connectivity index (χ4v) is 11.3. The molecule has 27 nitrogen and oxygen atoms in total. The number of ether oxygens (including phenoxy) is 6. The predicted molar refractivity (Wildman–Crippen MR) is 322 cm³/mol. The average molecular weight is 1230 g/mol. The maximum Gasteiger partial charge on any atom is 0.320 e. The Bertz CT molecular complexity index is 2460. The van der Waals surface area contributed by atoms with Crippen molar-refractivity contribution < 1.29 is 67.1 Å². The predicted octanol–water partition coefficient (Wildman–Crippen LogP) is 2.42. The quantitative estimate of drug-likeness (QED) is 0.0284. The molecule has 7 N–H and O–H groups in total. The number of carboxylic acids is 1. The number of nitrogens with one attached hydrogen (secondary N) is 6. The maximum absolute atomic E-state index is 13.6. The summed E-state index contributed by atoms with van der Waals surface area (Å²) in [5.41, 5.74) is 0.0689. The van der Waals surface area contributed by atoms with Crippen LogP contribution in [0.2, 0.25) is 0 Å². The van der Waals surface area contributed by atoms with Crippen molar-refractivity contribution in [3.05, 3.63) is 48.1 Å². The minimum absolute atomic E-state index is 0.0260. The number of carboxylic acid groups (broad SMARTS) is 1. The number of nitrogens with zero attached hydrogens (tertiary/aromatic N) is 7. The molecule has 0 aliphatic carbocycles. The van der Waals surface area contributed by atoms with Crippen molar-refractivity contribution in [3.63, 3.8) is 0 Å². The van der Waals surface area contributed by atoms with Gasteiger partial charge < -0.3 is 59.7 Å². The van der Waals surface area contributed by atoms with E-state index < -0.39 is 60.7 Å². The number of carbonyl (C=O) groups excluding carboxylic acids is 6. The lowest BCUT2D eigenvalue weighted by atomic mass is 9.74. The van der Waals surface area contributed by atoms with Gasteiger partial charge in [0.25, 0.3) is 6.47 Å². The number of aliphatic carboxylic acids is 1. The van der Waals surface area contributed by atoms with Gasteiger partial charge in [0, 0.05) is 89.4 Å². The van der Waals surface area contributed by atoms with E-state index in [4.69, 9.17) is 28.4 Å². The van der Waals surface area contributed by atoms with Crippen molar-refractivity contribution in [1.29, 1.82) is 0 Å². The molecule has 2 aliphatic rings. The molecule has 0 unspecified atom stereocenters. The van der Waals surface area contributed by atoms with Crippen LogP contribution in [0.3, 0.4) is 0 Å². The summed E-state index contributed by atoms with van der Waals surface area (Å²) in [6, 6.07) is -2.06. The largest absolute Gasteiger partial charge is 0.480 e. The highest BCUT2D eigenvalue weighted by molar-refractivity contribution is 5.89. The second kappa shape index (κ2) is 39.6. The first-order valence-corrected chi connectivity index (χ1v) is 31.0. The third kappa shape index (κ3) is 25.8. The van der Waals surface area contributed by atoms with Crippen molar-refractivity contribution in [2.24, 2.45) is 17.3 Å². The van der Waals surface area contributed by atoms with Crippen molar-refractivity contribution in [1.82, 2.24) is 66.8 Å². The molecule has 4 heterocycles. The van der Waals surface area contributed by atoms with Gasteiger partial charge in [-0.05, 0) is 63.7 Å². The molecule has 2 saturated heterocycles. The Morgan fingerprint density at radius 3 is 1.66 bits per heavy atom. The molecule has 0 radical (unpaired) electrons. The molecule has 0 bridgehead atoms. The van der Waals surface area contributed by atoms with Crippen LogP contribution < -0.4 is 31.9 Å². The SMILES string of the molecule is C/C=C\[C@@H]1C[C@H](C(=O)O)N[C@H]1[C@@H](NC(=O)CCc1cn(CCNC(=O)CN(CC(=O)NCCn2cc(CCC(=O)N[C@H]([C@@H]3N[C@@H](OC=O)C[C@H]3/C=C\C)[C@](C)(CCC)OC)nn2)C(=O)CCOCCOCCOCCOCCC)nn1)C(C)(C)CCC. The van der Waals surface area contributed by atoms with Gasteiger partial charge in [0.2, 0.25) is 29.5 Å². The van der Waals surface area contributed by atoms with Gasteiger partial charge >= 0.3 is 5.97 Å². The van der Waals surface area contributed by atoms with E-state index in [1.54, 1.807) is 28.9 Å². The first-order chi connectivity index (χ1) is 41.8. The molecule has 9 atom stereocenters. The van der Waals surface area contributed by atoms with Crippen LogP contribution in [0, 0.1) is 17.3 Å². The zero-order chi connectivity index (χ0) is 63.6. The Labute approximate surface area is 513 Å². The molecule has 5 amide bonds. The van der Waals surface area contributed by atoms with Crippen LogP contribution in [0.4, 0.5) is 0 Å². The summed E-state index contributed by atoms with van der Waals surface area (Å²) in [5, 5.41) is 45.4. The molecule has 0 spiro atoms. The van der Waals surface area contributed by atoms with Crippen LogP contribution in [0.15, 0.2) is 36.7 Å². The lowest BCUT2D eigenvalue weighted by molar-refractivity contribution is -0.140. The van der Waals surface area contributed by atoms with E-state index in [9.17, 15) is 38.7 Å². The fraction of sp³-hybridized carbons (Fsp3) is 0.750. The molecule has 2 fully saturated rings. The van der Waals surface area contributed by atoms with Gasteiger partial charge in [-0.3, -0.25) is 53.6 Å². The number of methoxy groups -OCH3 is 1. The summed E-state index contributed by atoms with van der Waals surface area (Å²) in [6.07, 6.45) is 16.6. The number of amides is 5. The third-order valence-corrected chi connectivity index (χ3v) is 15.7. The Hall–Kier alpha value is -6.23. The van der Waals surface area contributed by atoms with E-state index in [0.717, 1.165) is 30.6 Å². The highest BCUT2D eigenvalue weighted by atomic mass is 16.6. The van der Waals surface area contributed by atoms with Gasteiger partial charge in [-0.2, -0.15) is 0 Å². The summed E-state index contributed by atoms with van der Waals surface area (Å²) < 4.78 is 36.5. The van der Waals surface area contributed by atoms with Gasteiger partial charge in [0.15, 0.2) is 6.23 Å². The Balaban J connectivity index is 1.29. The summed E-state index contributed by atoms with van der Waals surface area (Å²) in [4.78, 5) is 91.9.